The molecule has 0 bridgehead atoms. The largest absolute Gasteiger partial charge is 0.336 e. The van der Waals surface area contributed by atoms with Crippen LogP contribution in [-0.4, -0.2) is 21.6 Å². The van der Waals surface area contributed by atoms with Crippen LogP contribution in [0, 0.1) is 10.1 Å². The van der Waals surface area contributed by atoms with E-state index in [1.54, 1.807) is 24.3 Å². The summed E-state index contributed by atoms with van der Waals surface area (Å²) in [6, 6.07) is 30.1. The number of nitrogens with one attached hydrogen (secondary N) is 1. The third kappa shape index (κ3) is 4.14. The molecule has 5 aromatic rings. The van der Waals surface area contributed by atoms with Crippen LogP contribution in [-0.2, 0) is 6.54 Å². The molecule has 1 amide bonds. The molecule has 1 N–H and O–H groups in total. The molecule has 0 aliphatic carbocycles. The second-order valence-electron chi connectivity index (χ2n) is 7.87. The van der Waals surface area contributed by atoms with Gasteiger partial charge in [-0.3, -0.25) is 14.9 Å². The fourth-order valence-corrected chi connectivity index (χ4v) is 4.07. The quantitative estimate of drug-likeness (QED) is 0.211. The summed E-state index contributed by atoms with van der Waals surface area (Å²) in [5, 5.41) is 17.2. The molecule has 0 saturated heterocycles. The van der Waals surface area contributed by atoms with Crippen LogP contribution in [0.2, 0.25) is 0 Å². The highest BCUT2D eigenvalue weighted by Gasteiger charge is 2.11. The number of fused-ring (bicyclic) bond motifs is 3. The van der Waals surface area contributed by atoms with E-state index in [2.05, 4.69) is 39.4 Å². The average Bonchev–Trinajstić information content (AvgIpc) is 3.18. The Morgan fingerprint density at radius 1 is 0.882 bits per heavy atom. The first-order chi connectivity index (χ1) is 16.6. The lowest BCUT2D eigenvalue weighted by atomic mass is 10.1. The maximum absolute atomic E-state index is 12.4. The normalized spacial score (nSPS) is 11.3. The molecule has 0 fully saturated rings. The van der Waals surface area contributed by atoms with Gasteiger partial charge < -0.3 is 4.57 Å². The molecule has 1 aromatic heterocycles. The summed E-state index contributed by atoms with van der Waals surface area (Å²) in [4.78, 5) is 22.8. The number of aromatic nitrogens is 1. The molecular formula is C27H20N4O3. The van der Waals surface area contributed by atoms with Crippen LogP contribution in [0.15, 0.2) is 102 Å². The van der Waals surface area contributed by atoms with E-state index in [1.807, 2.05) is 36.4 Å². The van der Waals surface area contributed by atoms with Gasteiger partial charge in [0.2, 0.25) is 0 Å². The first kappa shape index (κ1) is 21.1. The van der Waals surface area contributed by atoms with Gasteiger partial charge in [0.15, 0.2) is 0 Å². The third-order valence-corrected chi connectivity index (χ3v) is 5.70. The second kappa shape index (κ2) is 8.99. The van der Waals surface area contributed by atoms with Crippen LogP contribution in [0.3, 0.4) is 0 Å². The van der Waals surface area contributed by atoms with E-state index in [1.165, 1.54) is 40.2 Å². The van der Waals surface area contributed by atoms with Crippen LogP contribution < -0.4 is 5.43 Å². The SMILES string of the molecule is O=C(N/N=C/c1cccc([N+](=O)[O-])c1)c1ccc(Cn2c3ccccc3c3ccccc32)cc1. The topological polar surface area (TPSA) is 89.5 Å². The van der Waals surface area contributed by atoms with Crippen LogP contribution in [0.1, 0.15) is 21.5 Å². The minimum atomic E-state index is -0.475. The van der Waals surface area contributed by atoms with Gasteiger partial charge in [0.25, 0.3) is 11.6 Å². The third-order valence-electron chi connectivity index (χ3n) is 5.70. The standard InChI is InChI=1S/C27H20N4O3/c32-27(29-28-17-20-6-5-7-22(16-20)31(33)34)21-14-12-19(13-15-21)18-30-25-10-3-1-8-23(25)24-9-2-4-11-26(24)30/h1-17H,18H2,(H,29,32)/b28-17+. The van der Waals surface area contributed by atoms with E-state index in [9.17, 15) is 14.9 Å². The van der Waals surface area contributed by atoms with Crippen molar-refractivity contribution in [3.8, 4) is 0 Å². The predicted octanol–water partition coefficient (Wildman–Crippen LogP) is 5.51. The van der Waals surface area contributed by atoms with Crippen LogP contribution >= 0.6 is 0 Å². The molecule has 7 nitrogen and oxygen atoms in total. The van der Waals surface area contributed by atoms with E-state index in [-0.39, 0.29) is 11.6 Å². The Morgan fingerprint density at radius 2 is 1.53 bits per heavy atom. The molecule has 0 saturated carbocycles. The summed E-state index contributed by atoms with van der Waals surface area (Å²) in [5.74, 6) is -0.356. The van der Waals surface area contributed by atoms with Crippen molar-refractivity contribution in [3.63, 3.8) is 0 Å². The van der Waals surface area contributed by atoms with Gasteiger partial charge >= 0.3 is 0 Å². The van der Waals surface area contributed by atoms with Gasteiger partial charge in [-0.05, 0) is 29.8 Å². The van der Waals surface area contributed by atoms with Gasteiger partial charge in [-0.2, -0.15) is 5.10 Å². The maximum Gasteiger partial charge on any atom is 0.271 e. The van der Waals surface area contributed by atoms with Crippen molar-refractivity contribution < 1.29 is 9.72 Å². The molecule has 4 aromatic carbocycles. The zero-order valence-electron chi connectivity index (χ0n) is 18.1. The number of rotatable bonds is 6. The molecule has 166 valence electrons. The fraction of sp³-hybridized carbons (Fsp3) is 0.0370. The number of amides is 1. The van der Waals surface area contributed by atoms with E-state index < -0.39 is 4.92 Å². The smallest absolute Gasteiger partial charge is 0.271 e. The van der Waals surface area contributed by atoms with Gasteiger partial charge in [-0.25, -0.2) is 5.43 Å². The van der Waals surface area contributed by atoms with Gasteiger partial charge in [0.1, 0.15) is 0 Å². The van der Waals surface area contributed by atoms with E-state index >= 15 is 0 Å². The summed E-state index contributed by atoms with van der Waals surface area (Å²) in [6.07, 6.45) is 1.38. The highest BCUT2D eigenvalue weighted by Crippen LogP contribution is 2.29. The molecule has 34 heavy (non-hydrogen) atoms. The maximum atomic E-state index is 12.4. The Kier molecular flexibility index (Phi) is 5.58. The molecule has 1 heterocycles. The second-order valence-corrected chi connectivity index (χ2v) is 7.87. The Hall–Kier alpha value is -4.78. The number of nitro benzene ring substituents is 1. The summed E-state index contributed by atoms with van der Waals surface area (Å²) in [6.45, 7) is 0.681. The number of carbonyl (C=O) groups is 1. The van der Waals surface area contributed by atoms with Crippen LogP contribution in [0.25, 0.3) is 21.8 Å². The van der Waals surface area contributed by atoms with Crippen molar-refractivity contribution in [2.45, 2.75) is 6.54 Å². The number of hydrazone groups is 1. The molecule has 5 rings (SSSR count). The molecule has 0 atom stereocenters. The Labute approximate surface area is 195 Å². The fourth-order valence-electron chi connectivity index (χ4n) is 4.07. The van der Waals surface area contributed by atoms with Gasteiger partial charge in [-0.15, -0.1) is 0 Å². The van der Waals surface area contributed by atoms with Gasteiger partial charge in [0.05, 0.1) is 11.1 Å². The highest BCUT2D eigenvalue weighted by molar-refractivity contribution is 6.08. The van der Waals surface area contributed by atoms with Crippen molar-refractivity contribution in [1.29, 1.82) is 0 Å². The lowest BCUT2D eigenvalue weighted by Gasteiger charge is -2.08. The van der Waals surface area contributed by atoms with Crippen molar-refractivity contribution in [2.24, 2.45) is 5.10 Å². The average molecular weight is 448 g/mol. The van der Waals surface area contributed by atoms with Gasteiger partial charge in [0, 0.05) is 51.6 Å². The summed E-state index contributed by atoms with van der Waals surface area (Å²) < 4.78 is 2.28. The summed E-state index contributed by atoms with van der Waals surface area (Å²) >= 11 is 0. The van der Waals surface area contributed by atoms with Crippen molar-refractivity contribution in [1.82, 2.24) is 9.99 Å². The minimum Gasteiger partial charge on any atom is -0.336 e. The number of nitro groups is 1. The molecule has 0 aliphatic heterocycles. The van der Waals surface area contributed by atoms with Gasteiger partial charge in [-0.1, -0.05) is 60.7 Å². The van der Waals surface area contributed by atoms with Crippen LogP contribution in [0.5, 0.6) is 0 Å². The highest BCUT2D eigenvalue weighted by atomic mass is 16.6. The Balaban J connectivity index is 1.31. The molecule has 0 aliphatic rings. The monoisotopic (exact) mass is 448 g/mol. The predicted molar refractivity (Wildman–Crippen MR) is 133 cm³/mol. The molecular weight excluding hydrogens is 428 g/mol. The lowest BCUT2D eigenvalue weighted by molar-refractivity contribution is -0.384. The van der Waals surface area contributed by atoms with E-state index in [0.29, 0.717) is 17.7 Å². The number of para-hydroxylation sites is 2. The number of non-ortho nitro benzene ring substituents is 1. The molecule has 0 radical (unpaired) electrons. The summed E-state index contributed by atoms with van der Waals surface area (Å²) in [5.41, 5.74) is 6.84. The Bertz CT molecular complexity index is 1500. The Morgan fingerprint density at radius 3 is 2.18 bits per heavy atom. The molecule has 7 heteroatoms. The minimum absolute atomic E-state index is 0.0332. The zero-order valence-corrected chi connectivity index (χ0v) is 18.1. The molecule has 0 spiro atoms. The number of benzene rings is 4. The zero-order chi connectivity index (χ0) is 23.5. The number of hydrogen-bond acceptors (Lipinski definition) is 4. The molecule has 0 unspecified atom stereocenters. The van der Waals surface area contributed by atoms with Crippen molar-refractivity contribution >= 4 is 39.6 Å². The summed E-state index contributed by atoms with van der Waals surface area (Å²) in [7, 11) is 0. The number of carbonyl (C=O) groups excluding carboxylic acids is 1. The number of nitrogens with zero attached hydrogens (tertiary/aromatic N) is 3. The van der Waals surface area contributed by atoms with Crippen molar-refractivity contribution in [2.75, 3.05) is 0 Å². The number of hydrogen-bond donors (Lipinski definition) is 1. The van der Waals surface area contributed by atoms with E-state index in [0.717, 1.165) is 5.56 Å². The van der Waals surface area contributed by atoms with E-state index in [4.69, 9.17) is 0 Å². The van der Waals surface area contributed by atoms with Crippen molar-refractivity contribution in [3.05, 3.63) is 124 Å². The van der Waals surface area contributed by atoms with Crippen LogP contribution in [0.4, 0.5) is 5.69 Å². The first-order valence-corrected chi connectivity index (χ1v) is 10.7. The first-order valence-electron chi connectivity index (χ1n) is 10.7. The lowest BCUT2D eigenvalue weighted by Crippen LogP contribution is -2.17.